The second-order valence-corrected chi connectivity index (χ2v) is 4.60. The Labute approximate surface area is 103 Å². The summed E-state index contributed by atoms with van der Waals surface area (Å²) in [5.74, 6) is -0.598. The molecule has 0 saturated carbocycles. The first-order valence-electron chi connectivity index (χ1n) is 6.22. The van der Waals surface area contributed by atoms with Gasteiger partial charge in [-0.2, -0.15) is 0 Å². The molecule has 3 heteroatoms. The molecule has 3 nitrogen and oxygen atoms in total. The molecule has 0 aliphatic carbocycles. The van der Waals surface area contributed by atoms with Crippen molar-refractivity contribution in [1.29, 1.82) is 0 Å². The zero-order chi connectivity index (χ0) is 12.3. The molecule has 0 aromatic heterocycles. The van der Waals surface area contributed by atoms with Gasteiger partial charge in [-0.1, -0.05) is 31.2 Å². The molecule has 94 valence electrons. The first-order chi connectivity index (χ1) is 8.18. The lowest BCUT2D eigenvalue weighted by Gasteiger charge is -2.37. The molecule has 1 saturated heterocycles. The van der Waals surface area contributed by atoms with Crippen molar-refractivity contribution in [2.24, 2.45) is 0 Å². The molecular formula is C14H21NO2. The summed E-state index contributed by atoms with van der Waals surface area (Å²) in [5, 5.41) is 3.16. The lowest BCUT2D eigenvalue weighted by molar-refractivity contribution is -0.272. The molecule has 1 aromatic carbocycles. The highest BCUT2D eigenvalue weighted by Crippen LogP contribution is 2.30. The quantitative estimate of drug-likeness (QED) is 0.870. The highest BCUT2D eigenvalue weighted by Gasteiger charge is 2.34. The van der Waals surface area contributed by atoms with E-state index in [1.165, 1.54) is 5.56 Å². The second kappa shape index (κ2) is 5.17. The number of hydrogen-bond acceptors (Lipinski definition) is 3. The van der Waals surface area contributed by atoms with Gasteiger partial charge in [0.05, 0.1) is 19.3 Å². The number of ether oxygens (including phenoxy) is 2. The lowest BCUT2D eigenvalue weighted by atomic mass is 10.0. The van der Waals surface area contributed by atoms with Gasteiger partial charge in [-0.05, 0) is 26.0 Å². The largest absolute Gasteiger partial charge is 0.344 e. The van der Waals surface area contributed by atoms with Crippen molar-refractivity contribution in [3.63, 3.8) is 0 Å². The van der Waals surface area contributed by atoms with Crippen LogP contribution in [0.25, 0.3) is 0 Å². The van der Waals surface area contributed by atoms with Crippen LogP contribution in [-0.2, 0) is 21.7 Å². The number of hydrogen-bond donors (Lipinski definition) is 1. The van der Waals surface area contributed by atoms with E-state index in [1.54, 1.807) is 0 Å². The van der Waals surface area contributed by atoms with Crippen LogP contribution < -0.4 is 5.32 Å². The molecule has 0 unspecified atom stereocenters. The fourth-order valence-corrected chi connectivity index (χ4v) is 1.99. The van der Waals surface area contributed by atoms with Gasteiger partial charge >= 0.3 is 0 Å². The monoisotopic (exact) mass is 235 g/mol. The first kappa shape index (κ1) is 12.6. The molecule has 1 aromatic rings. The average Bonchev–Trinajstić information content (AvgIpc) is 2.40. The van der Waals surface area contributed by atoms with E-state index in [0.717, 1.165) is 12.0 Å². The van der Waals surface area contributed by atoms with Gasteiger partial charge in [-0.15, -0.1) is 0 Å². The third-order valence-electron chi connectivity index (χ3n) is 3.41. The van der Waals surface area contributed by atoms with Crippen LogP contribution >= 0.6 is 0 Å². The minimum absolute atomic E-state index is 0.290. The molecule has 0 spiro atoms. The van der Waals surface area contributed by atoms with E-state index in [2.05, 4.69) is 36.5 Å². The number of nitrogens with one attached hydrogen (secondary N) is 1. The Morgan fingerprint density at radius 2 is 1.82 bits per heavy atom. The van der Waals surface area contributed by atoms with Crippen LogP contribution in [0.3, 0.4) is 0 Å². The molecule has 0 bridgehead atoms. The van der Waals surface area contributed by atoms with E-state index in [0.29, 0.717) is 13.2 Å². The molecule has 0 radical (unpaired) electrons. The molecule has 1 N–H and O–H groups in total. The zero-order valence-corrected chi connectivity index (χ0v) is 10.8. The highest BCUT2D eigenvalue weighted by atomic mass is 16.7. The van der Waals surface area contributed by atoms with Crippen LogP contribution in [0.5, 0.6) is 0 Å². The van der Waals surface area contributed by atoms with Gasteiger partial charge in [0.15, 0.2) is 5.79 Å². The van der Waals surface area contributed by atoms with Gasteiger partial charge in [-0.25, -0.2) is 0 Å². The smallest absolute Gasteiger partial charge is 0.192 e. The van der Waals surface area contributed by atoms with Gasteiger partial charge in [0.25, 0.3) is 0 Å². The molecule has 1 heterocycles. The van der Waals surface area contributed by atoms with Crippen molar-refractivity contribution in [2.45, 2.75) is 32.1 Å². The molecule has 2 rings (SSSR count). The maximum atomic E-state index is 5.84. The third-order valence-corrected chi connectivity index (χ3v) is 3.41. The van der Waals surface area contributed by atoms with Gasteiger partial charge in [-0.3, -0.25) is 0 Å². The van der Waals surface area contributed by atoms with Crippen LogP contribution in [0.1, 0.15) is 25.0 Å². The fraction of sp³-hybridized carbons (Fsp3) is 0.571. The van der Waals surface area contributed by atoms with Crippen LogP contribution in [-0.4, -0.2) is 26.3 Å². The van der Waals surface area contributed by atoms with Crippen LogP contribution in [0, 0.1) is 0 Å². The average molecular weight is 235 g/mol. The van der Waals surface area contributed by atoms with Gasteiger partial charge in [0.1, 0.15) is 0 Å². The van der Waals surface area contributed by atoms with Crippen molar-refractivity contribution in [3.8, 4) is 0 Å². The summed E-state index contributed by atoms with van der Waals surface area (Å²) in [5.41, 5.74) is 2.42. The molecule has 1 fully saturated rings. The molecule has 0 atom stereocenters. The minimum Gasteiger partial charge on any atom is -0.344 e. The maximum absolute atomic E-state index is 5.84. The van der Waals surface area contributed by atoms with Crippen molar-refractivity contribution in [2.75, 3.05) is 20.3 Å². The predicted molar refractivity (Wildman–Crippen MR) is 67.9 cm³/mol. The van der Waals surface area contributed by atoms with Gasteiger partial charge in [0, 0.05) is 5.56 Å². The fourth-order valence-electron chi connectivity index (χ4n) is 1.99. The zero-order valence-electron chi connectivity index (χ0n) is 10.8. The topological polar surface area (TPSA) is 30.5 Å². The number of likely N-dealkylation sites (N-methyl/N-ethyl adjacent to an activating group) is 1. The Morgan fingerprint density at radius 3 is 2.29 bits per heavy atom. The normalized spacial score (nSPS) is 29.2. The van der Waals surface area contributed by atoms with Crippen LogP contribution in [0.15, 0.2) is 24.3 Å². The number of aryl methyl sites for hydroxylation is 1. The SMILES string of the molecule is CCc1ccc(C2(C)OCC(NC)CO2)cc1. The number of rotatable bonds is 3. The second-order valence-electron chi connectivity index (χ2n) is 4.60. The van der Waals surface area contributed by atoms with Crippen LogP contribution in [0.2, 0.25) is 0 Å². The Morgan fingerprint density at radius 1 is 1.24 bits per heavy atom. The first-order valence-corrected chi connectivity index (χ1v) is 6.22. The van der Waals surface area contributed by atoms with E-state index in [-0.39, 0.29) is 6.04 Å². The summed E-state index contributed by atoms with van der Waals surface area (Å²) >= 11 is 0. The highest BCUT2D eigenvalue weighted by molar-refractivity contribution is 5.25. The summed E-state index contributed by atoms with van der Waals surface area (Å²) < 4.78 is 11.7. The molecule has 17 heavy (non-hydrogen) atoms. The van der Waals surface area contributed by atoms with Crippen molar-refractivity contribution < 1.29 is 9.47 Å². The van der Waals surface area contributed by atoms with E-state index >= 15 is 0 Å². The summed E-state index contributed by atoms with van der Waals surface area (Å²) in [6, 6.07) is 8.75. The van der Waals surface area contributed by atoms with Crippen molar-refractivity contribution in [1.82, 2.24) is 5.32 Å². The molecule has 1 aliphatic rings. The van der Waals surface area contributed by atoms with Gasteiger partial charge in [0.2, 0.25) is 0 Å². The van der Waals surface area contributed by atoms with Gasteiger partial charge < -0.3 is 14.8 Å². The van der Waals surface area contributed by atoms with E-state index in [4.69, 9.17) is 9.47 Å². The number of benzene rings is 1. The molecule has 0 amide bonds. The van der Waals surface area contributed by atoms with E-state index in [1.807, 2.05) is 14.0 Å². The summed E-state index contributed by atoms with van der Waals surface area (Å²) in [4.78, 5) is 0. The van der Waals surface area contributed by atoms with Crippen molar-refractivity contribution >= 4 is 0 Å². The Balaban J connectivity index is 2.10. The Hall–Kier alpha value is -0.900. The Kier molecular flexibility index (Phi) is 3.82. The summed E-state index contributed by atoms with van der Waals surface area (Å²) in [6.07, 6.45) is 1.06. The van der Waals surface area contributed by atoms with E-state index < -0.39 is 5.79 Å². The summed E-state index contributed by atoms with van der Waals surface area (Å²) in [7, 11) is 1.93. The van der Waals surface area contributed by atoms with Crippen molar-refractivity contribution in [3.05, 3.63) is 35.4 Å². The standard InChI is InChI=1S/C14H21NO2/c1-4-11-5-7-12(8-6-11)14(2)16-9-13(15-3)10-17-14/h5-8,13,15H,4,9-10H2,1-3H3. The predicted octanol–water partition coefficient (Wildman–Crippen LogP) is 2.06. The summed E-state index contributed by atoms with van der Waals surface area (Å²) in [6.45, 7) is 5.51. The van der Waals surface area contributed by atoms with Crippen LogP contribution in [0.4, 0.5) is 0 Å². The Bertz CT molecular complexity index is 353. The molecule has 1 aliphatic heterocycles. The maximum Gasteiger partial charge on any atom is 0.192 e. The minimum atomic E-state index is -0.598. The van der Waals surface area contributed by atoms with E-state index in [9.17, 15) is 0 Å². The third kappa shape index (κ3) is 2.68. The lowest BCUT2D eigenvalue weighted by Crippen LogP contribution is -2.47. The molecular weight excluding hydrogens is 214 g/mol.